The van der Waals surface area contributed by atoms with Crippen LogP contribution in [0.1, 0.15) is 12.5 Å². The molecule has 0 unspecified atom stereocenters. The maximum Gasteiger partial charge on any atom is 0.325 e. The molecule has 1 saturated heterocycles. The summed E-state index contributed by atoms with van der Waals surface area (Å²) in [6, 6.07) is 12.9. The van der Waals surface area contributed by atoms with Crippen LogP contribution in [-0.4, -0.2) is 43.3 Å². The molecule has 2 aliphatic rings. The van der Waals surface area contributed by atoms with E-state index in [1.165, 1.54) is 5.56 Å². The van der Waals surface area contributed by atoms with Crippen LogP contribution < -0.4 is 19.7 Å². The van der Waals surface area contributed by atoms with Crippen LogP contribution in [0.4, 0.5) is 16.2 Å². The van der Waals surface area contributed by atoms with Gasteiger partial charge in [-0.2, -0.15) is 0 Å². The van der Waals surface area contributed by atoms with Gasteiger partial charge in [-0.1, -0.05) is 19.1 Å². The van der Waals surface area contributed by atoms with E-state index in [-0.39, 0.29) is 25.3 Å². The number of ether oxygens (including phenoxy) is 2. The lowest BCUT2D eigenvalue weighted by molar-refractivity contribution is -0.116. The average molecular weight is 367 g/mol. The van der Waals surface area contributed by atoms with Gasteiger partial charge in [-0.3, -0.25) is 9.69 Å². The average Bonchev–Trinajstić information content (AvgIpc) is 3.29. The molecule has 0 saturated carbocycles. The smallest absolute Gasteiger partial charge is 0.325 e. The lowest BCUT2D eigenvalue weighted by Gasteiger charge is -2.18. The van der Waals surface area contributed by atoms with Gasteiger partial charge in [-0.15, -0.1) is 0 Å². The molecule has 140 valence electrons. The molecule has 2 heterocycles. The molecular formula is C20H21N3O4. The summed E-state index contributed by atoms with van der Waals surface area (Å²) >= 11 is 0. The largest absolute Gasteiger partial charge is 0.454 e. The maximum atomic E-state index is 12.7. The van der Waals surface area contributed by atoms with Gasteiger partial charge >= 0.3 is 6.03 Å². The Kier molecular flexibility index (Phi) is 4.58. The molecule has 4 rings (SSSR count). The van der Waals surface area contributed by atoms with Crippen LogP contribution >= 0.6 is 0 Å². The van der Waals surface area contributed by atoms with Crippen molar-refractivity contribution < 1.29 is 19.1 Å². The summed E-state index contributed by atoms with van der Waals surface area (Å²) in [5.74, 6) is 1.10. The van der Waals surface area contributed by atoms with Gasteiger partial charge in [0.1, 0.15) is 6.54 Å². The normalized spacial score (nSPS) is 15.4. The molecule has 1 N–H and O–H groups in total. The number of amides is 3. The number of nitrogens with zero attached hydrogens (tertiary/aromatic N) is 2. The molecule has 3 amide bonds. The van der Waals surface area contributed by atoms with Crippen LogP contribution in [0.25, 0.3) is 0 Å². The quantitative estimate of drug-likeness (QED) is 0.882. The maximum absolute atomic E-state index is 12.7. The van der Waals surface area contributed by atoms with Gasteiger partial charge in [-0.05, 0) is 36.2 Å². The number of urea groups is 1. The van der Waals surface area contributed by atoms with E-state index in [1.54, 1.807) is 21.9 Å². The summed E-state index contributed by atoms with van der Waals surface area (Å²) in [6.45, 7) is 3.32. The Hall–Kier alpha value is -3.22. The van der Waals surface area contributed by atoms with Gasteiger partial charge in [0, 0.05) is 30.5 Å². The van der Waals surface area contributed by atoms with Gasteiger partial charge in [0.15, 0.2) is 11.5 Å². The second-order valence-corrected chi connectivity index (χ2v) is 6.49. The van der Waals surface area contributed by atoms with Crippen molar-refractivity contribution in [3.8, 4) is 11.5 Å². The van der Waals surface area contributed by atoms with Crippen LogP contribution in [0, 0.1) is 0 Å². The third kappa shape index (κ3) is 3.53. The molecule has 0 radical (unpaired) electrons. The Morgan fingerprint density at radius 3 is 2.63 bits per heavy atom. The van der Waals surface area contributed by atoms with E-state index in [4.69, 9.17) is 9.47 Å². The van der Waals surface area contributed by atoms with Crippen molar-refractivity contribution in [2.75, 3.05) is 36.6 Å². The minimum atomic E-state index is -0.208. The van der Waals surface area contributed by atoms with Crippen LogP contribution in [0.5, 0.6) is 11.5 Å². The summed E-state index contributed by atoms with van der Waals surface area (Å²) in [7, 11) is 0. The van der Waals surface area contributed by atoms with E-state index >= 15 is 0 Å². The second-order valence-electron chi connectivity index (χ2n) is 6.49. The molecule has 2 aromatic rings. The molecule has 0 spiro atoms. The first-order valence-corrected chi connectivity index (χ1v) is 8.99. The lowest BCUT2D eigenvalue weighted by Crippen LogP contribution is -2.37. The van der Waals surface area contributed by atoms with E-state index in [0.29, 0.717) is 24.6 Å². The monoisotopic (exact) mass is 367 g/mol. The molecule has 0 atom stereocenters. The van der Waals surface area contributed by atoms with E-state index in [9.17, 15) is 9.59 Å². The Balaban J connectivity index is 1.37. The fraction of sp³-hybridized carbons (Fsp3) is 0.300. The molecule has 7 nitrogen and oxygen atoms in total. The number of anilines is 2. The van der Waals surface area contributed by atoms with Crippen molar-refractivity contribution in [1.82, 2.24) is 4.90 Å². The van der Waals surface area contributed by atoms with Crippen LogP contribution in [0.3, 0.4) is 0 Å². The summed E-state index contributed by atoms with van der Waals surface area (Å²) < 4.78 is 10.7. The Morgan fingerprint density at radius 2 is 1.85 bits per heavy atom. The second kappa shape index (κ2) is 7.19. The van der Waals surface area contributed by atoms with Crippen molar-refractivity contribution in [2.45, 2.75) is 13.3 Å². The van der Waals surface area contributed by atoms with Crippen molar-refractivity contribution >= 4 is 23.3 Å². The van der Waals surface area contributed by atoms with E-state index in [2.05, 4.69) is 12.2 Å². The number of carbonyl (C=O) groups is 2. The number of benzene rings is 2. The SMILES string of the molecule is CCc1ccc(NC(=O)CN2CCN(c3ccc4c(c3)OCO4)C2=O)cc1. The highest BCUT2D eigenvalue weighted by Crippen LogP contribution is 2.36. The molecule has 0 aromatic heterocycles. The summed E-state index contributed by atoms with van der Waals surface area (Å²) in [5.41, 5.74) is 2.68. The lowest BCUT2D eigenvalue weighted by atomic mass is 10.1. The molecule has 0 aliphatic carbocycles. The highest BCUT2D eigenvalue weighted by atomic mass is 16.7. The molecule has 2 aliphatic heterocycles. The molecular weight excluding hydrogens is 346 g/mol. The predicted molar refractivity (Wildman–Crippen MR) is 101 cm³/mol. The zero-order valence-corrected chi connectivity index (χ0v) is 15.1. The molecule has 1 fully saturated rings. The van der Waals surface area contributed by atoms with Gasteiger partial charge < -0.3 is 19.7 Å². The first-order chi connectivity index (χ1) is 13.1. The van der Waals surface area contributed by atoms with Gasteiger partial charge in [0.25, 0.3) is 0 Å². The molecule has 7 heteroatoms. The highest BCUT2D eigenvalue weighted by Gasteiger charge is 2.31. The van der Waals surface area contributed by atoms with Crippen LogP contribution in [-0.2, 0) is 11.2 Å². The van der Waals surface area contributed by atoms with Crippen molar-refractivity contribution in [1.29, 1.82) is 0 Å². The number of hydrogen-bond acceptors (Lipinski definition) is 4. The third-order valence-electron chi connectivity index (χ3n) is 4.74. The Morgan fingerprint density at radius 1 is 1.07 bits per heavy atom. The number of nitrogens with one attached hydrogen (secondary N) is 1. The number of carbonyl (C=O) groups excluding carboxylic acids is 2. The first kappa shape index (κ1) is 17.2. The molecule has 0 bridgehead atoms. The summed E-state index contributed by atoms with van der Waals surface area (Å²) in [6.07, 6.45) is 0.951. The molecule has 2 aromatic carbocycles. The van der Waals surface area contributed by atoms with Gasteiger partial charge in [0.05, 0.1) is 0 Å². The Labute approximate surface area is 157 Å². The standard InChI is InChI=1S/C20H21N3O4/c1-2-14-3-5-15(6-4-14)21-19(24)12-22-9-10-23(20(22)25)16-7-8-17-18(11-16)27-13-26-17/h3-8,11H,2,9-10,12-13H2,1H3,(H,21,24). The van der Waals surface area contributed by atoms with Crippen molar-refractivity contribution in [3.63, 3.8) is 0 Å². The van der Waals surface area contributed by atoms with Gasteiger partial charge in [0.2, 0.25) is 12.7 Å². The fourth-order valence-corrected chi connectivity index (χ4v) is 3.22. The van der Waals surface area contributed by atoms with E-state index < -0.39 is 0 Å². The third-order valence-corrected chi connectivity index (χ3v) is 4.74. The Bertz CT molecular complexity index is 866. The number of fused-ring (bicyclic) bond motifs is 1. The summed E-state index contributed by atoms with van der Waals surface area (Å²) in [5, 5.41) is 2.84. The van der Waals surface area contributed by atoms with Gasteiger partial charge in [-0.25, -0.2) is 4.79 Å². The van der Waals surface area contributed by atoms with Crippen molar-refractivity contribution in [3.05, 3.63) is 48.0 Å². The zero-order chi connectivity index (χ0) is 18.8. The highest BCUT2D eigenvalue weighted by molar-refractivity contribution is 5.99. The zero-order valence-electron chi connectivity index (χ0n) is 15.1. The minimum absolute atomic E-state index is 0.0232. The summed E-state index contributed by atoms with van der Waals surface area (Å²) in [4.78, 5) is 28.2. The fourth-order valence-electron chi connectivity index (χ4n) is 3.22. The molecule has 27 heavy (non-hydrogen) atoms. The van der Waals surface area contributed by atoms with E-state index in [0.717, 1.165) is 17.8 Å². The predicted octanol–water partition coefficient (Wildman–Crippen LogP) is 2.86. The topological polar surface area (TPSA) is 71.1 Å². The van der Waals surface area contributed by atoms with Crippen LogP contribution in [0.2, 0.25) is 0 Å². The van der Waals surface area contributed by atoms with E-state index in [1.807, 2.05) is 30.3 Å². The van der Waals surface area contributed by atoms with Crippen LogP contribution in [0.15, 0.2) is 42.5 Å². The number of aryl methyl sites for hydroxylation is 1. The first-order valence-electron chi connectivity index (χ1n) is 8.99. The number of hydrogen-bond donors (Lipinski definition) is 1. The number of rotatable bonds is 5. The van der Waals surface area contributed by atoms with Crippen molar-refractivity contribution in [2.24, 2.45) is 0 Å². The minimum Gasteiger partial charge on any atom is -0.454 e.